The fourth-order valence-electron chi connectivity index (χ4n) is 3.80. The van der Waals surface area contributed by atoms with Crippen molar-refractivity contribution < 1.29 is 0 Å². The van der Waals surface area contributed by atoms with E-state index in [9.17, 15) is 0 Å². The van der Waals surface area contributed by atoms with Crippen molar-refractivity contribution in [1.29, 1.82) is 0 Å². The number of hydrogen-bond acceptors (Lipinski definition) is 5. The van der Waals surface area contributed by atoms with Gasteiger partial charge in [0, 0.05) is 43.5 Å². The van der Waals surface area contributed by atoms with Crippen LogP contribution in [-0.2, 0) is 13.1 Å². The summed E-state index contributed by atoms with van der Waals surface area (Å²) in [6.45, 7) is 10.1. The zero-order chi connectivity index (χ0) is 21.3. The van der Waals surface area contributed by atoms with Crippen LogP contribution < -0.4 is 5.32 Å². The average Bonchev–Trinajstić information content (AvgIpc) is 3.17. The summed E-state index contributed by atoms with van der Waals surface area (Å²) >= 11 is 3.53. The van der Waals surface area contributed by atoms with Crippen LogP contribution in [0.2, 0.25) is 0 Å². The molecule has 0 atom stereocenters. The third-order valence-electron chi connectivity index (χ3n) is 5.53. The van der Waals surface area contributed by atoms with E-state index in [1.165, 1.54) is 29.0 Å². The zero-order valence-electron chi connectivity index (χ0n) is 18.7. The molecule has 2 aromatic rings. The van der Waals surface area contributed by atoms with Gasteiger partial charge in [0.15, 0.2) is 5.96 Å². The third kappa shape index (κ3) is 7.00. The van der Waals surface area contributed by atoms with Crippen LogP contribution in [0.1, 0.15) is 36.0 Å². The number of benzene rings is 1. The largest absolute Gasteiger partial charge is 0.357 e. The lowest BCUT2D eigenvalue weighted by atomic mass is 9.97. The molecule has 7 heteroatoms. The number of rotatable bonds is 8. The number of thiazole rings is 1. The Hall–Kier alpha value is -1.57. The SMILES string of the molecule is CCNC(=NCC1CCN(Cc2csc(C)n2)CC1)N(C)Cc1ccc(SC)cc1. The van der Waals surface area contributed by atoms with Crippen LogP contribution in [0.15, 0.2) is 39.5 Å². The number of aryl methyl sites for hydroxylation is 1. The minimum atomic E-state index is 0.668. The van der Waals surface area contributed by atoms with E-state index in [1.54, 1.807) is 23.1 Å². The van der Waals surface area contributed by atoms with Crippen molar-refractivity contribution in [3.8, 4) is 0 Å². The minimum absolute atomic E-state index is 0.668. The molecule has 1 aliphatic heterocycles. The van der Waals surface area contributed by atoms with E-state index < -0.39 is 0 Å². The molecule has 0 spiro atoms. The molecule has 1 aliphatic rings. The lowest BCUT2D eigenvalue weighted by Crippen LogP contribution is -2.39. The number of thioether (sulfide) groups is 1. The van der Waals surface area contributed by atoms with E-state index in [0.29, 0.717) is 5.92 Å². The highest BCUT2D eigenvalue weighted by atomic mass is 32.2. The van der Waals surface area contributed by atoms with Crippen LogP contribution in [0.3, 0.4) is 0 Å². The Morgan fingerprint density at radius 2 is 2.03 bits per heavy atom. The van der Waals surface area contributed by atoms with Crippen molar-refractivity contribution in [3.05, 3.63) is 45.9 Å². The molecule has 3 rings (SSSR count). The first-order chi connectivity index (χ1) is 14.6. The molecular formula is C23H35N5S2. The van der Waals surface area contributed by atoms with Crippen LogP contribution >= 0.6 is 23.1 Å². The Kier molecular flexibility index (Phi) is 9.03. The summed E-state index contributed by atoms with van der Waals surface area (Å²) in [4.78, 5) is 15.7. The van der Waals surface area contributed by atoms with Crippen molar-refractivity contribution in [3.63, 3.8) is 0 Å². The van der Waals surface area contributed by atoms with Crippen LogP contribution in [0.5, 0.6) is 0 Å². The van der Waals surface area contributed by atoms with Gasteiger partial charge in [-0.1, -0.05) is 12.1 Å². The van der Waals surface area contributed by atoms with E-state index in [-0.39, 0.29) is 0 Å². The van der Waals surface area contributed by atoms with Gasteiger partial charge in [-0.15, -0.1) is 23.1 Å². The standard InChI is InChI=1S/C23H35N5S2/c1-5-24-23(27(3)15-20-6-8-22(29-4)9-7-20)25-14-19-10-12-28(13-11-19)16-21-17-30-18(2)26-21/h6-9,17,19H,5,10-16H2,1-4H3,(H,24,25). The fourth-order valence-corrected chi connectivity index (χ4v) is 4.81. The normalized spacial score (nSPS) is 16.1. The van der Waals surface area contributed by atoms with Gasteiger partial charge >= 0.3 is 0 Å². The summed E-state index contributed by atoms with van der Waals surface area (Å²) in [6, 6.07) is 8.81. The van der Waals surface area contributed by atoms with Gasteiger partial charge < -0.3 is 10.2 Å². The molecule has 30 heavy (non-hydrogen) atoms. The summed E-state index contributed by atoms with van der Waals surface area (Å²) in [6.07, 6.45) is 4.54. The fraction of sp³-hybridized carbons (Fsp3) is 0.565. The zero-order valence-corrected chi connectivity index (χ0v) is 20.4. The highest BCUT2D eigenvalue weighted by Gasteiger charge is 2.20. The molecule has 164 valence electrons. The Morgan fingerprint density at radius 1 is 1.30 bits per heavy atom. The van der Waals surface area contributed by atoms with Gasteiger partial charge in [0.1, 0.15) is 0 Å². The van der Waals surface area contributed by atoms with Crippen molar-refractivity contribution >= 4 is 29.1 Å². The smallest absolute Gasteiger partial charge is 0.193 e. The third-order valence-corrected chi connectivity index (χ3v) is 7.10. The molecule has 1 saturated heterocycles. The molecule has 5 nitrogen and oxygen atoms in total. The maximum atomic E-state index is 4.98. The highest BCUT2D eigenvalue weighted by molar-refractivity contribution is 7.98. The maximum Gasteiger partial charge on any atom is 0.193 e. The molecule has 0 saturated carbocycles. The lowest BCUT2D eigenvalue weighted by Gasteiger charge is -2.31. The van der Waals surface area contributed by atoms with Gasteiger partial charge in [-0.05, 0) is 69.6 Å². The number of aliphatic imine (C=N–C) groups is 1. The number of guanidine groups is 1. The summed E-state index contributed by atoms with van der Waals surface area (Å²) in [5, 5.41) is 6.82. The number of aromatic nitrogens is 1. The molecule has 1 aromatic heterocycles. The van der Waals surface area contributed by atoms with E-state index in [4.69, 9.17) is 4.99 Å². The highest BCUT2D eigenvalue weighted by Crippen LogP contribution is 2.20. The van der Waals surface area contributed by atoms with Crippen LogP contribution in [0, 0.1) is 12.8 Å². The molecule has 0 aliphatic carbocycles. The molecule has 1 fully saturated rings. The number of piperidine rings is 1. The molecular weight excluding hydrogens is 410 g/mol. The Bertz CT molecular complexity index is 794. The van der Waals surface area contributed by atoms with Gasteiger partial charge in [-0.3, -0.25) is 9.89 Å². The van der Waals surface area contributed by atoms with E-state index in [0.717, 1.165) is 50.2 Å². The van der Waals surface area contributed by atoms with Crippen molar-refractivity contribution in [1.82, 2.24) is 20.1 Å². The number of nitrogens with one attached hydrogen (secondary N) is 1. The van der Waals surface area contributed by atoms with Gasteiger partial charge in [0.2, 0.25) is 0 Å². The van der Waals surface area contributed by atoms with Gasteiger partial charge in [-0.25, -0.2) is 4.98 Å². The molecule has 0 unspecified atom stereocenters. The Balaban J connectivity index is 1.49. The lowest BCUT2D eigenvalue weighted by molar-refractivity contribution is 0.179. The summed E-state index contributed by atoms with van der Waals surface area (Å²) in [5.41, 5.74) is 2.53. The van der Waals surface area contributed by atoms with Crippen molar-refractivity contribution in [2.24, 2.45) is 10.9 Å². The molecule has 1 N–H and O–H groups in total. The first-order valence-electron chi connectivity index (χ1n) is 10.8. The van der Waals surface area contributed by atoms with Gasteiger partial charge in [-0.2, -0.15) is 0 Å². The number of nitrogens with zero attached hydrogens (tertiary/aromatic N) is 4. The monoisotopic (exact) mass is 445 g/mol. The van der Waals surface area contributed by atoms with E-state index >= 15 is 0 Å². The van der Waals surface area contributed by atoms with Crippen LogP contribution in [0.4, 0.5) is 0 Å². The average molecular weight is 446 g/mol. The second-order valence-electron chi connectivity index (χ2n) is 7.98. The minimum Gasteiger partial charge on any atom is -0.357 e. The first kappa shape index (κ1) is 23.1. The summed E-state index contributed by atoms with van der Waals surface area (Å²) in [7, 11) is 2.13. The van der Waals surface area contributed by atoms with Crippen LogP contribution in [-0.4, -0.2) is 60.2 Å². The molecule has 1 aromatic carbocycles. The molecule has 0 bridgehead atoms. The van der Waals surface area contributed by atoms with E-state index in [2.05, 4.69) is 76.9 Å². The predicted molar refractivity (Wildman–Crippen MR) is 131 cm³/mol. The maximum absolute atomic E-state index is 4.98. The summed E-state index contributed by atoms with van der Waals surface area (Å²) < 4.78 is 0. The Labute approximate surface area is 190 Å². The number of hydrogen-bond donors (Lipinski definition) is 1. The van der Waals surface area contributed by atoms with Crippen molar-refractivity contribution in [2.45, 2.75) is 44.7 Å². The second-order valence-corrected chi connectivity index (χ2v) is 9.92. The predicted octanol–water partition coefficient (Wildman–Crippen LogP) is 4.48. The Morgan fingerprint density at radius 3 is 2.63 bits per heavy atom. The first-order valence-corrected chi connectivity index (χ1v) is 12.9. The van der Waals surface area contributed by atoms with Crippen molar-refractivity contribution in [2.75, 3.05) is 39.5 Å². The molecule has 0 amide bonds. The van der Waals surface area contributed by atoms with Gasteiger partial charge in [0.05, 0.1) is 10.7 Å². The molecule has 0 radical (unpaired) electrons. The number of likely N-dealkylation sites (tertiary alicyclic amines) is 1. The van der Waals surface area contributed by atoms with E-state index in [1.807, 2.05) is 0 Å². The summed E-state index contributed by atoms with van der Waals surface area (Å²) in [5.74, 6) is 1.67. The quantitative estimate of drug-likeness (QED) is 0.369. The second kappa shape index (κ2) is 11.7. The van der Waals surface area contributed by atoms with Crippen LogP contribution in [0.25, 0.3) is 0 Å². The molecule has 2 heterocycles. The van der Waals surface area contributed by atoms with Gasteiger partial charge in [0.25, 0.3) is 0 Å². The topological polar surface area (TPSA) is 43.8 Å².